The third-order valence-corrected chi connectivity index (χ3v) is 5.04. The Morgan fingerprint density at radius 2 is 1.12 bits per heavy atom. The van der Waals surface area contributed by atoms with E-state index in [1.165, 1.54) is 0 Å². The summed E-state index contributed by atoms with van der Waals surface area (Å²) >= 11 is 0. The molecule has 122 valence electrons. The van der Waals surface area contributed by atoms with Gasteiger partial charge in [0, 0.05) is 18.2 Å². The van der Waals surface area contributed by atoms with Gasteiger partial charge >= 0.3 is 0 Å². The van der Waals surface area contributed by atoms with Crippen LogP contribution >= 0.6 is 0 Å². The third-order valence-electron chi connectivity index (χ3n) is 5.04. The Morgan fingerprint density at radius 1 is 0.720 bits per heavy atom. The van der Waals surface area contributed by atoms with Crippen molar-refractivity contribution in [3.05, 3.63) is 83.9 Å². The monoisotopic (exact) mass is 327 g/mol. The number of nitrogens with two attached hydrogens (primary N) is 1. The Labute approximate surface area is 145 Å². The van der Waals surface area contributed by atoms with Crippen LogP contribution in [0.5, 0.6) is 11.5 Å². The molecule has 0 fully saturated rings. The van der Waals surface area contributed by atoms with Gasteiger partial charge in [-0.1, -0.05) is 48.5 Å². The van der Waals surface area contributed by atoms with Gasteiger partial charge in [-0.15, -0.1) is 0 Å². The van der Waals surface area contributed by atoms with Gasteiger partial charge in [0.1, 0.15) is 11.5 Å². The lowest BCUT2D eigenvalue weighted by Gasteiger charge is -2.36. The fraction of sp³-hybridized carbons (Fsp3) is 0.0909. The van der Waals surface area contributed by atoms with E-state index in [1.807, 2.05) is 36.4 Å². The Morgan fingerprint density at radius 3 is 1.52 bits per heavy atom. The Bertz CT molecular complexity index is 1050. The molecule has 0 atom stereocenters. The fourth-order valence-corrected chi connectivity index (χ4v) is 3.67. The van der Waals surface area contributed by atoms with Crippen molar-refractivity contribution in [1.29, 1.82) is 0 Å². The second-order valence-corrected chi connectivity index (χ2v) is 6.43. The van der Waals surface area contributed by atoms with Crippen LogP contribution in [-0.4, -0.2) is 7.11 Å². The molecule has 5 rings (SSSR count). The van der Waals surface area contributed by atoms with Gasteiger partial charge in [-0.3, -0.25) is 5.73 Å². The average molecular weight is 327 g/mol. The van der Waals surface area contributed by atoms with Crippen molar-refractivity contribution in [3.63, 3.8) is 0 Å². The highest BCUT2D eigenvalue weighted by Gasteiger charge is 2.39. The quantitative estimate of drug-likeness (QED) is 0.505. The van der Waals surface area contributed by atoms with E-state index in [0.29, 0.717) is 0 Å². The first-order chi connectivity index (χ1) is 12.2. The maximum absolute atomic E-state index is 6.76. The molecule has 1 aliphatic rings. The van der Waals surface area contributed by atoms with Crippen molar-refractivity contribution in [2.75, 3.05) is 7.11 Å². The van der Waals surface area contributed by atoms with Crippen molar-refractivity contribution >= 4 is 21.5 Å². The number of hydrogen-bond donors (Lipinski definition) is 1. The molecular weight excluding hydrogens is 310 g/mol. The molecule has 1 heterocycles. The highest BCUT2D eigenvalue weighted by atomic mass is 16.5. The van der Waals surface area contributed by atoms with E-state index in [4.69, 9.17) is 15.2 Å². The molecule has 0 saturated carbocycles. The summed E-state index contributed by atoms with van der Waals surface area (Å²) in [5.74, 6) is 1.48. The summed E-state index contributed by atoms with van der Waals surface area (Å²) in [6.45, 7) is 0. The lowest BCUT2D eigenvalue weighted by Crippen LogP contribution is -2.42. The van der Waals surface area contributed by atoms with Crippen molar-refractivity contribution < 1.29 is 9.47 Å². The van der Waals surface area contributed by atoms with Crippen LogP contribution in [0.25, 0.3) is 21.5 Å². The molecule has 0 aliphatic carbocycles. The first kappa shape index (κ1) is 14.5. The van der Waals surface area contributed by atoms with Crippen LogP contribution in [0, 0.1) is 0 Å². The molecule has 0 bridgehead atoms. The molecule has 0 unspecified atom stereocenters. The van der Waals surface area contributed by atoms with E-state index in [0.717, 1.165) is 44.2 Å². The summed E-state index contributed by atoms with van der Waals surface area (Å²) in [7, 11) is 1.64. The number of benzene rings is 4. The van der Waals surface area contributed by atoms with Gasteiger partial charge in [-0.2, -0.15) is 0 Å². The smallest absolute Gasteiger partial charge is 0.175 e. The van der Waals surface area contributed by atoms with Crippen LogP contribution in [0.1, 0.15) is 11.1 Å². The molecule has 0 amide bonds. The van der Waals surface area contributed by atoms with Crippen LogP contribution in [0.2, 0.25) is 0 Å². The normalized spacial score (nSPS) is 14.8. The van der Waals surface area contributed by atoms with E-state index in [1.54, 1.807) is 7.11 Å². The zero-order valence-electron chi connectivity index (χ0n) is 13.8. The lowest BCUT2D eigenvalue weighted by atomic mass is 9.88. The van der Waals surface area contributed by atoms with E-state index in [-0.39, 0.29) is 0 Å². The van der Waals surface area contributed by atoms with Crippen molar-refractivity contribution in [1.82, 2.24) is 0 Å². The van der Waals surface area contributed by atoms with Crippen LogP contribution < -0.4 is 10.5 Å². The van der Waals surface area contributed by atoms with Gasteiger partial charge in [-0.25, -0.2) is 0 Å². The predicted octanol–water partition coefficient (Wildman–Crippen LogP) is 4.90. The molecule has 1 aliphatic heterocycles. The molecule has 0 saturated heterocycles. The minimum absolute atomic E-state index is 0.742. The summed E-state index contributed by atoms with van der Waals surface area (Å²) in [4.78, 5) is 0. The first-order valence-corrected chi connectivity index (χ1v) is 8.27. The number of ether oxygens (including phenoxy) is 2. The molecule has 4 aromatic carbocycles. The maximum atomic E-state index is 6.76. The number of methoxy groups -OCH3 is 1. The SMILES string of the molecule is COC1(N)c2cc3ccccc3cc2Oc2cc3ccccc3cc21. The maximum Gasteiger partial charge on any atom is 0.175 e. The minimum atomic E-state index is -1.04. The van der Waals surface area contributed by atoms with Crippen LogP contribution in [0.3, 0.4) is 0 Å². The summed E-state index contributed by atoms with van der Waals surface area (Å²) in [6.07, 6.45) is 0. The van der Waals surface area contributed by atoms with E-state index < -0.39 is 5.72 Å². The van der Waals surface area contributed by atoms with Gasteiger partial charge in [0.15, 0.2) is 5.72 Å². The number of fused-ring (bicyclic) bond motifs is 4. The molecule has 0 radical (unpaired) electrons. The second kappa shape index (κ2) is 5.06. The van der Waals surface area contributed by atoms with Gasteiger partial charge < -0.3 is 9.47 Å². The lowest BCUT2D eigenvalue weighted by molar-refractivity contribution is 0.0200. The Kier molecular flexibility index (Phi) is 2.93. The van der Waals surface area contributed by atoms with Gasteiger partial charge in [-0.05, 0) is 45.8 Å². The van der Waals surface area contributed by atoms with Crippen molar-refractivity contribution in [2.24, 2.45) is 5.73 Å². The van der Waals surface area contributed by atoms with Gasteiger partial charge in [0.2, 0.25) is 0 Å². The Hall–Kier alpha value is -2.88. The van der Waals surface area contributed by atoms with Gasteiger partial charge in [0.25, 0.3) is 0 Å². The molecule has 0 aromatic heterocycles. The van der Waals surface area contributed by atoms with E-state index >= 15 is 0 Å². The van der Waals surface area contributed by atoms with E-state index in [2.05, 4.69) is 36.4 Å². The molecule has 3 heteroatoms. The summed E-state index contributed by atoms with van der Waals surface area (Å²) in [5.41, 5.74) is 7.40. The number of rotatable bonds is 1. The van der Waals surface area contributed by atoms with E-state index in [9.17, 15) is 0 Å². The molecule has 3 nitrogen and oxygen atoms in total. The van der Waals surface area contributed by atoms with Crippen molar-refractivity contribution in [3.8, 4) is 11.5 Å². The molecule has 2 N–H and O–H groups in total. The summed E-state index contributed by atoms with van der Waals surface area (Å²) in [6, 6.07) is 24.5. The molecule has 0 spiro atoms. The van der Waals surface area contributed by atoms with Crippen LogP contribution in [-0.2, 0) is 10.5 Å². The molecule has 25 heavy (non-hydrogen) atoms. The fourth-order valence-electron chi connectivity index (χ4n) is 3.67. The zero-order chi connectivity index (χ0) is 17.0. The predicted molar refractivity (Wildman–Crippen MR) is 99.9 cm³/mol. The first-order valence-electron chi connectivity index (χ1n) is 8.27. The number of hydrogen-bond acceptors (Lipinski definition) is 3. The standard InChI is InChI=1S/C22H17NO2/c1-24-22(23)18-10-14-6-2-4-8-16(14)12-20(18)25-21-13-17-9-5-3-7-15(17)11-19(21)22/h2-13H,23H2,1H3. The van der Waals surface area contributed by atoms with Crippen LogP contribution in [0.15, 0.2) is 72.8 Å². The second-order valence-electron chi connectivity index (χ2n) is 6.43. The minimum Gasteiger partial charge on any atom is -0.456 e. The highest BCUT2D eigenvalue weighted by Crippen LogP contribution is 2.48. The zero-order valence-corrected chi connectivity index (χ0v) is 13.8. The Balaban J connectivity index is 1.83. The summed E-state index contributed by atoms with van der Waals surface area (Å²) < 4.78 is 12.1. The largest absolute Gasteiger partial charge is 0.456 e. The highest BCUT2D eigenvalue weighted by molar-refractivity contribution is 5.88. The average Bonchev–Trinajstić information content (AvgIpc) is 2.66. The van der Waals surface area contributed by atoms with Gasteiger partial charge in [0.05, 0.1) is 0 Å². The topological polar surface area (TPSA) is 44.5 Å². The third kappa shape index (κ3) is 2.00. The molecular formula is C22H17NO2. The van der Waals surface area contributed by atoms with Crippen molar-refractivity contribution in [2.45, 2.75) is 5.72 Å². The van der Waals surface area contributed by atoms with Crippen LogP contribution in [0.4, 0.5) is 0 Å². The summed E-state index contributed by atoms with van der Waals surface area (Å²) in [5, 5.41) is 4.45. The molecule has 4 aromatic rings.